The van der Waals surface area contributed by atoms with E-state index in [0.717, 1.165) is 25.6 Å². The summed E-state index contributed by atoms with van der Waals surface area (Å²) in [7, 11) is 1.81. The smallest absolute Gasteiger partial charge is 0.193 e. The fourth-order valence-corrected chi connectivity index (χ4v) is 2.61. The van der Waals surface area contributed by atoms with Gasteiger partial charge in [0.05, 0.1) is 10.0 Å². The Bertz CT molecular complexity index is 472. The highest BCUT2D eigenvalue weighted by Crippen LogP contribution is 2.21. The topological polar surface area (TPSA) is 52.6 Å². The number of aromatic nitrogens is 1. The first kappa shape index (κ1) is 15.2. The Labute approximate surface area is 129 Å². The van der Waals surface area contributed by atoms with Crippen molar-refractivity contribution in [1.82, 2.24) is 15.2 Å². The maximum absolute atomic E-state index is 6.04. The monoisotopic (exact) mass is 315 g/mol. The predicted octanol–water partition coefficient (Wildman–Crippen LogP) is 2.47. The van der Waals surface area contributed by atoms with Crippen LogP contribution < -0.4 is 10.6 Å². The molecule has 0 atom stereocenters. The average Bonchev–Trinajstić information content (AvgIpc) is 2.95. The first-order chi connectivity index (χ1) is 9.70. The Morgan fingerprint density at radius 1 is 1.35 bits per heavy atom. The number of nitrogens with one attached hydrogen (secondary N) is 2. The molecule has 2 rings (SSSR count). The summed E-state index contributed by atoms with van der Waals surface area (Å²) in [6.45, 7) is 3.63. The van der Waals surface area contributed by atoms with Crippen molar-refractivity contribution in [3.63, 3.8) is 0 Å². The van der Waals surface area contributed by atoms with Gasteiger partial charge in [0, 0.05) is 39.4 Å². The highest BCUT2D eigenvalue weighted by Gasteiger charge is 2.14. The van der Waals surface area contributed by atoms with E-state index < -0.39 is 0 Å². The highest BCUT2D eigenvalue weighted by molar-refractivity contribution is 6.35. The van der Waals surface area contributed by atoms with Gasteiger partial charge in [0.15, 0.2) is 5.96 Å². The van der Waals surface area contributed by atoms with E-state index in [4.69, 9.17) is 23.2 Å². The number of halogens is 2. The molecule has 0 aromatic carbocycles. The number of pyridine rings is 1. The zero-order valence-corrected chi connectivity index (χ0v) is 13.0. The van der Waals surface area contributed by atoms with E-state index in [2.05, 4.69) is 25.5 Å². The molecule has 1 saturated heterocycles. The summed E-state index contributed by atoms with van der Waals surface area (Å²) in [5, 5.41) is 7.57. The summed E-state index contributed by atoms with van der Waals surface area (Å²) in [6.07, 6.45) is 4.05. The number of guanidine groups is 1. The van der Waals surface area contributed by atoms with Crippen molar-refractivity contribution in [1.29, 1.82) is 0 Å². The molecule has 20 heavy (non-hydrogen) atoms. The molecule has 0 bridgehead atoms. The van der Waals surface area contributed by atoms with Gasteiger partial charge in [0.2, 0.25) is 0 Å². The van der Waals surface area contributed by atoms with Crippen LogP contribution in [0.5, 0.6) is 0 Å². The highest BCUT2D eigenvalue weighted by atomic mass is 35.5. The van der Waals surface area contributed by atoms with E-state index in [1.165, 1.54) is 12.8 Å². The van der Waals surface area contributed by atoms with E-state index in [9.17, 15) is 0 Å². The van der Waals surface area contributed by atoms with Crippen LogP contribution in [-0.2, 0) is 0 Å². The molecule has 1 aliphatic rings. The van der Waals surface area contributed by atoms with E-state index in [-0.39, 0.29) is 0 Å². The molecule has 0 unspecified atom stereocenters. The number of hydrogen-bond donors (Lipinski definition) is 2. The lowest BCUT2D eigenvalue weighted by atomic mass is 10.4. The minimum atomic E-state index is 0.529. The van der Waals surface area contributed by atoms with Crippen LogP contribution in [-0.4, -0.2) is 49.1 Å². The molecule has 0 amide bonds. The fourth-order valence-electron chi connectivity index (χ4n) is 2.16. The number of nitrogens with zero attached hydrogens (tertiary/aromatic N) is 3. The molecule has 0 spiro atoms. The van der Waals surface area contributed by atoms with Crippen LogP contribution in [0.1, 0.15) is 12.8 Å². The maximum atomic E-state index is 6.04. The lowest BCUT2D eigenvalue weighted by Crippen LogP contribution is -2.41. The Hall–Kier alpha value is -1.20. The van der Waals surface area contributed by atoms with Gasteiger partial charge in [-0.3, -0.25) is 4.99 Å². The standard InChI is InChI=1S/C13H19Cl2N5/c1-16-13(20-6-2-3-7-20)18-5-4-17-12-11(15)8-10(14)9-19-12/h8-9H,2-7H2,1H3,(H,16,18)(H,17,19). The largest absolute Gasteiger partial charge is 0.367 e. The van der Waals surface area contributed by atoms with Crippen molar-refractivity contribution < 1.29 is 0 Å². The molecule has 5 nitrogen and oxygen atoms in total. The van der Waals surface area contributed by atoms with E-state index >= 15 is 0 Å². The van der Waals surface area contributed by atoms with Crippen LogP contribution >= 0.6 is 23.2 Å². The first-order valence-electron chi connectivity index (χ1n) is 6.71. The van der Waals surface area contributed by atoms with E-state index in [1.54, 1.807) is 12.3 Å². The van der Waals surface area contributed by atoms with Gasteiger partial charge in [0.1, 0.15) is 5.82 Å². The lowest BCUT2D eigenvalue weighted by Gasteiger charge is -2.20. The van der Waals surface area contributed by atoms with Gasteiger partial charge in [-0.15, -0.1) is 0 Å². The number of likely N-dealkylation sites (tertiary alicyclic amines) is 1. The predicted molar refractivity (Wildman–Crippen MR) is 84.9 cm³/mol. The molecule has 2 heterocycles. The Morgan fingerprint density at radius 3 is 2.75 bits per heavy atom. The second-order valence-corrected chi connectivity index (χ2v) is 5.42. The quantitative estimate of drug-likeness (QED) is 0.509. The number of anilines is 1. The fraction of sp³-hybridized carbons (Fsp3) is 0.538. The van der Waals surface area contributed by atoms with Gasteiger partial charge in [-0.2, -0.15) is 0 Å². The van der Waals surface area contributed by atoms with Crippen LogP contribution in [0, 0.1) is 0 Å². The molecule has 0 saturated carbocycles. The summed E-state index contributed by atoms with van der Waals surface area (Å²) >= 11 is 11.8. The van der Waals surface area contributed by atoms with Crippen LogP contribution in [0.4, 0.5) is 5.82 Å². The molecule has 0 aliphatic carbocycles. The summed E-state index contributed by atoms with van der Waals surface area (Å²) in [6, 6.07) is 1.68. The van der Waals surface area contributed by atoms with Gasteiger partial charge in [-0.25, -0.2) is 4.98 Å². The zero-order valence-electron chi connectivity index (χ0n) is 11.5. The molecule has 1 aromatic heterocycles. The maximum Gasteiger partial charge on any atom is 0.193 e. The molecular formula is C13H19Cl2N5. The Balaban J connectivity index is 1.75. The van der Waals surface area contributed by atoms with Crippen LogP contribution in [0.25, 0.3) is 0 Å². The second-order valence-electron chi connectivity index (χ2n) is 4.58. The Morgan fingerprint density at radius 2 is 2.10 bits per heavy atom. The van der Waals surface area contributed by atoms with Crippen molar-refractivity contribution in [2.45, 2.75) is 12.8 Å². The van der Waals surface area contributed by atoms with Crippen molar-refractivity contribution in [2.24, 2.45) is 4.99 Å². The molecular weight excluding hydrogens is 297 g/mol. The minimum Gasteiger partial charge on any atom is -0.367 e. The van der Waals surface area contributed by atoms with Crippen molar-refractivity contribution in [2.75, 3.05) is 38.5 Å². The third kappa shape index (κ3) is 4.15. The van der Waals surface area contributed by atoms with Gasteiger partial charge in [0.25, 0.3) is 0 Å². The average molecular weight is 316 g/mol. The SMILES string of the molecule is CN=C(NCCNc1ncc(Cl)cc1Cl)N1CCCC1. The van der Waals surface area contributed by atoms with E-state index in [0.29, 0.717) is 22.4 Å². The number of rotatable bonds is 4. The van der Waals surface area contributed by atoms with Crippen LogP contribution in [0.2, 0.25) is 10.0 Å². The van der Waals surface area contributed by atoms with Crippen molar-refractivity contribution in [3.8, 4) is 0 Å². The van der Waals surface area contributed by atoms with Gasteiger partial charge in [-0.1, -0.05) is 23.2 Å². The van der Waals surface area contributed by atoms with Crippen molar-refractivity contribution in [3.05, 3.63) is 22.3 Å². The van der Waals surface area contributed by atoms with Gasteiger partial charge < -0.3 is 15.5 Å². The normalized spacial score (nSPS) is 15.6. The van der Waals surface area contributed by atoms with Crippen LogP contribution in [0.3, 0.4) is 0 Å². The molecule has 0 radical (unpaired) electrons. The summed E-state index contributed by atoms with van der Waals surface area (Å²) in [4.78, 5) is 10.7. The summed E-state index contributed by atoms with van der Waals surface area (Å²) in [5.41, 5.74) is 0. The van der Waals surface area contributed by atoms with Crippen molar-refractivity contribution >= 4 is 35.0 Å². The second kappa shape index (κ2) is 7.55. The zero-order chi connectivity index (χ0) is 14.4. The first-order valence-corrected chi connectivity index (χ1v) is 7.47. The van der Waals surface area contributed by atoms with Crippen LogP contribution in [0.15, 0.2) is 17.3 Å². The number of aliphatic imine (C=N–C) groups is 1. The molecule has 1 aliphatic heterocycles. The molecule has 7 heteroatoms. The molecule has 110 valence electrons. The molecule has 2 N–H and O–H groups in total. The lowest BCUT2D eigenvalue weighted by molar-refractivity contribution is 0.495. The van der Waals surface area contributed by atoms with E-state index in [1.807, 2.05) is 7.05 Å². The van der Waals surface area contributed by atoms with Gasteiger partial charge >= 0.3 is 0 Å². The number of hydrogen-bond acceptors (Lipinski definition) is 3. The molecule has 1 aromatic rings. The summed E-state index contributed by atoms with van der Waals surface area (Å²) in [5.74, 6) is 1.61. The Kier molecular flexibility index (Phi) is 5.73. The minimum absolute atomic E-state index is 0.529. The van der Waals surface area contributed by atoms with Gasteiger partial charge in [-0.05, 0) is 18.9 Å². The third-order valence-corrected chi connectivity index (χ3v) is 3.62. The summed E-state index contributed by atoms with van der Waals surface area (Å²) < 4.78 is 0. The third-order valence-electron chi connectivity index (χ3n) is 3.13. The molecule has 1 fully saturated rings.